The summed E-state index contributed by atoms with van der Waals surface area (Å²) >= 11 is 1.47. The molecule has 7 heteroatoms. The number of thioether (sulfide) groups is 1. The highest BCUT2D eigenvalue weighted by molar-refractivity contribution is 8.01. The van der Waals surface area contributed by atoms with Crippen LogP contribution in [0.4, 0.5) is 5.69 Å². The van der Waals surface area contributed by atoms with Crippen LogP contribution in [0.2, 0.25) is 0 Å². The Morgan fingerprint density at radius 2 is 1.97 bits per heavy atom. The van der Waals surface area contributed by atoms with Gasteiger partial charge in [-0.05, 0) is 42.7 Å². The second kappa shape index (κ2) is 7.63. The number of benzene rings is 2. The molecule has 0 aliphatic carbocycles. The van der Waals surface area contributed by atoms with Crippen molar-refractivity contribution in [1.29, 1.82) is 0 Å². The zero-order valence-electron chi connectivity index (χ0n) is 15.9. The average molecular weight is 410 g/mol. The second-order valence-electron chi connectivity index (χ2n) is 7.44. The van der Waals surface area contributed by atoms with E-state index >= 15 is 0 Å². The summed E-state index contributed by atoms with van der Waals surface area (Å²) in [7, 11) is 0. The molecule has 29 heavy (non-hydrogen) atoms. The van der Waals surface area contributed by atoms with Crippen LogP contribution in [0.5, 0.6) is 11.5 Å². The van der Waals surface area contributed by atoms with E-state index in [9.17, 15) is 9.59 Å². The molecule has 0 spiro atoms. The van der Waals surface area contributed by atoms with Crippen LogP contribution in [0.15, 0.2) is 47.4 Å². The molecule has 1 fully saturated rings. The monoisotopic (exact) mass is 410 g/mol. The summed E-state index contributed by atoms with van der Waals surface area (Å²) < 4.78 is 11.3. The quantitative estimate of drug-likeness (QED) is 0.837. The van der Waals surface area contributed by atoms with Gasteiger partial charge in [0.25, 0.3) is 0 Å². The van der Waals surface area contributed by atoms with E-state index in [1.165, 1.54) is 11.8 Å². The Kier molecular flexibility index (Phi) is 4.83. The first-order valence-corrected chi connectivity index (χ1v) is 10.8. The molecule has 2 aromatic rings. The largest absolute Gasteiger partial charge is 0.486 e. The van der Waals surface area contributed by atoms with Crippen LogP contribution < -0.4 is 14.8 Å². The minimum absolute atomic E-state index is 0.0160. The number of carbonyl (C=O) groups excluding carboxylic acids is 2. The van der Waals surface area contributed by atoms with Crippen molar-refractivity contribution in [2.24, 2.45) is 0 Å². The minimum atomic E-state index is -0.404. The summed E-state index contributed by atoms with van der Waals surface area (Å²) in [6, 6.07) is 13.6. The number of likely N-dealkylation sites (tertiary alicyclic amines) is 1. The predicted molar refractivity (Wildman–Crippen MR) is 110 cm³/mol. The smallest absolute Gasteiger partial charge is 0.238 e. The van der Waals surface area contributed by atoms with Gasteiger partial charge in [0.05, 0.1) is 17.0 Å². The number of nitrogens with one attached hydrogen (secondary N) is 1. The highest BCUT2D eigenvalue weighted by atomic mass is 32.2. The number of carbonyl (C=O) groups is 2. The van der Waals surface area contributed by atoms with Gasteiger partial charge >= 0.3 is 0 Å². The number of hydrogen-bond acceptors (Lipinski definition) is 5. The van der Waals surface area contributed by atoms with E-state index in [0.29, 0.717) is 19.8 Å². The van der Waals surface area contributed by atoms with Crippen LogP contribution in [0.1, 0.15) is 30.9 Å². The molecule has 0 unspecified atom stereocenters. The number of nitrogens with zero attached hydrogens (tertiary/aromatic N) is 1. The molecule has 0 saturated carbocycles. The first kappa shape index (κ1) is 18.4. The lowest BCUT2D eigenvalue weighted by Gasteiger charge is -2.29. The van der Waals surface area contributed by atoms with Crippen molar-refractivity contribution >= 4 is 29.3 Å². The van der Waals surface area contributed by atoms with Gasteiger partial charge in [0.1, 0.15) is 13.2 Å². The van der Waals surface area contributed by atoms with Crippen LogP contribution in [0.3, 0.4) is 0 Å². The fourth-order valence-corrected chi connectivity index (χ4v) is 5.28. The molecular weight excluding hydrogens is 388 g/mol. The summed E-state index contributed by atoms with van der Waals surface area (Å²) in [5.74, 6) is 1.42. The van der Waals surface area contributed by atoms with E-state index in [1.54, 1.807) is 0 Å². The average Bonchev–Trinajstić information content (AvgIpc) is 3.24. The SMILES string of the molecule is O=C1Nc2ccccc2S[C@@H]1CC(=O)N1CCC[C@H]1c1ccc2c(c1)OCCO2. The normalized spacial score (nSPS) is 22.8. The maximum absolute atomic E-state index is 13.1. The molecule has 0 bridgehead atoms. The van der Waals surface area contributed by atoms with Gasteiger partial charge in [0.2, 0.25) is 11.8 Å². The van der Waals surface area contributed by atoms with Gasteiger partial charge in [-0.1, -0.05) is 18.2 Å². The van der Waals surface area contributed by atoms with Crippen LogP contribution in [0.25, 0.3) is 0 Å². The molecule has 2 atom stereocenters. The molecule has 150 valence electrons. The van der Waals surface area contributed by atoms with E-state index in [4.69, 9.17) is 9.47 Å². The number of fused-ring (bicyclic) bond motifs is 2. The van der Waals surface area contributed by atoms with Crippen molar-refractivity contribution in [2.45, 2.75) is 35.4 Å². The number of hydrogen-bond donors (Lipinski definition) is 1. The van der Waals surface area contributed by atoms with Gasteiger partial charge in [-0.3, -0.25) is 9.59 Å². The van der Waals surface area contributed by atoms with Crippen molar-refractivity contribution in [3.05, 3.63) is 48.0 Å². The Labute approximate surface area is 173 Å². The Balaban J connectivity index is 1.31. The van der Waals surface area contributed by atoms with Crippen molar-refractivity contribution in [1.82, 2.24) is 4.90 Å². The third-order valence-corrected chi connectivity index (χ3v) is 6.87. The zero-order chi connectivity index (χ0) is 19.8. The first-order chi connectivity index (χ1) is 14.2. The molecule has 3 aliphatic heterocycles. The molecular formula is C22H22N2O4S. The molecule has 3 heterocycles. The summed E-state index contributed by atoms with van der Waals surface area (Å²) in [4.78, 5) is 28.5. The molecule has 5 rings (SSSR count). The Hall–Kier alpha value is -2.67. The minimum Gasteiger partial charge on any atom is -0.486 e. The van der Waals surface area contributed by atoms with Gasteiger partial charge in [0, 0.05) is 17.9 Å². The molecule has 2 amide bonds. The standard InChI is InChI=1S/C22H22N2O4S/c25-21(13-20-22(26)23-15-4-1-2-6-19(15)29-20)24-9-3-5-16(24)14-7-8-17-18(12-14)28-11-10-27-17/h1-2,4,6-8,12,16,20H,3,5,9-11,13H2,(H,23,26)/t16-,20+/m0/s1. The summed E-state index contributed by atoms with van der Waals surface area (Å²) in [5, 5.41) is 2.52. The molecule has 2 aromatic carbocycles. The van der Waals surface area contributed by atoms with Gasteiger partial charge in [-0.2, -0.15) is 0 Å². The van der Waals surface area contributed by atoms with E-state index in [2.05, 4.69) is 5.32 Å². The molecule has 0 aromatic heterocycles. The lowest BCUT2D eigenvalue weighted by molar-refractivity contribution is -0.133. The van der Waals surface area contributed by atoms with E-state index < -0.39 is 5.25 Å². The Bertz CT molecular complexity index is 964. The van der Waals surface area contributed by atoms with E-state index in [0.717, 1.165) is 40.5 Å². The Morgan fingerprint density at radius 1 is 1.14 bits per heavy atom. The van der Waals surface area contributed by atoms with Crippen LogP contribution >= 0.6 is 11.8 Å². The molecule has 0 radical (unpaired) electrons. The molecule has 6 nitrogen and oxygen atoms in total. The number of ether oxygens (including phenoxy) is 2. The predicted octanol–water partition coefficient (Wildman–Crippen LogP) is 3.62. The van der Waals surface area contributed by atoms with Crippen molar-refractivity contribution in [2.75, 3.05) is 25.1 Å². The highest BCUT2D eigenvalue weighted by Gasteiger charge is 2.35. The number of anilines is 1. The van der Waals surface area contributed by atoms with Crippen LogP contribution in [0, 0.1) is 0 Å². The van der Waals surface area contributed by atoms with Gasteiger partial charge in [0.15, 0.2) is 11.5 Å². The Morgan fingerprint density at radius 3 is 2.86 bits per heavy atom. The fraction of sp³-hybridized carbons (Fsp3) is 0.364. The van der Waals surface area contributed by atoms with Crippen LogP contribution in [-0.2, 0) is 9.59 Å². The summed E-state index contributed by atoms with van der Waals surface area (Å²) in [5.41, 5.74) is 1.88. The van der Waals surface area contributed by atoms with Crippen molar-refractivity contribution < 1.29 is 19.1 Å². The number of para-hydroxylation sites is 1. The maximum Gasteiger partial charge on any atom is 0.238 e. The van der Waals surface area contributed by atoms with E-state index in [1.807, 2.05) is 47.4 Å². The first-order valence-electron chi connectivity index (χ1n) is 9.94. The van der Waals surface area contributed by atoms with Gasteiger partial charge in [-0.25, -0.2) is 0 Å². The third-order valence-electron chi connectivity index (χ3n) is 5.59. The molecule has 3 aliphatic rings. The van der Waals surface area contributed by atoms with Crippen LogP contribution in [-0.4, -0.2) is 41.7 Å². The maximum atomic E-state index is 13.1. The number of amides is 2. The summed E-state index contributed by atoms with van der Waals surface area (Å²) in [6.45, 7) is 1.82. The summed E-state index contributed by atoms with van der Waals surface area (Å²) in [6.07, 6.45) is 2.07. The molecule has 1 N–H and O–H groups in total. The lowest BCUT2D eigenvalue weighted by atomic mass is 10.0. The van der Waals surface area contributed by atoms with Crippen molar-refractivity contribution in [3.63, 3.8) is 0 Å². The van der Waals surface area contributed by atoms with Gasteiger partial charge in [-0.15, -0.1) is 11.8 Å². The highest BCUT2D eigenvalue weighted by Crippen LogP contribution is 2.40. The van der Waals surface area contributed by atoms with Crippen molar-refractivity contribution in [3.8, 4) is 11.5 Å². The lowest BCUT2D eigenvalue weighted by Crippen LogP contribution is -2.37. The topological polar surface area (TPSA) is 67.9 Å². The number of rotatable bonds is 3. The molecule has 1 saturated heterocycles. The van der Waals surface area contributed by atoms with E-state index in [-0.39, 0.29) is 24.3 Å². The zero-order valence-corrected chi connectivity index (χ0v) is 16.7. The fourth-order valence-electron chi connectivity index (χ4n) is 4.18. The third kappa shape index (κ3) is 3.55. The second-order valence-corrected chi connectivity index (χ2v) is 8.69. The van der Waals surface area contributed by atoms with Gasteiger partial charge < -0.3 is 19.7 Å².